The predicted octanol–water partition coefficient (Wildman–Crippen LogP) is 3.48. The first-order chi connectivity index (χ1) is 11.8. The van der Waals surface area contributed by atoms with Gasteiger partial charge in [-0.1, -0.05) is 18.2 Å². The van der Waals surface area contributed by atoms with E-state index in [9.17, 15) is 4.79 Å². The van der Waals surface area contributed by atoms with Crippen LogP contribution in [0.2, 0.25) is 0 Å². The minimum atomic E-state index is -0.149. The largest absolute Gasteiger partial charge is 0.463 e. The maximum absolute atomic E-state index is 12.7. The van der Waals surface area contributed by atoms with Crippen LogP contribution in [0.15, 0.2) is 59.5 Å². The number of carbonyl (C=O) groups is 1. The molecule has 0 spiro atoms. The lowest BCUT2D eigenvalue weighted by Crippen LogP contribution is -2.42. The zero-order valence-corrected chi connectivity index (χ0v) is 13.1. The standard InChI is InChI=1S/C19H18N2O3/c22-19(15-12-24-17-6-2-1-4-14(15)17)21-16-5-3-11-23-18(16)13-7-9-20-10-8-13/h1-2,4,6-10,12,16,18H,3,5,11H2,(H,21,22)/t16-,18+/m0/s1. The number of hydrogen-bond acceptors (Lipinski definition) is 4. The molecule has 4 rings (SSSR count). The van der Waals surface area contributed by atoms with Crippen LogP contribution in [0, 0.1) is 0 Å². The van der Waals surface area contributed by atoms with Gasteiger partial charge in [0.05, 0.1) is 11.6 Å². The third-order valence-electron chi connectivity index (χ3n) is 4.40. The van der Waals surface area contributed by atoms with Crippen LogP contribution in [-0.4, -0.2) is 23.5 Å². The number of rotatable bonds is 3. The number of para-hydroxylation sites is 1. The molecule has 1 aromatic carbocycles. The van der Waals surface area contributed by atoms with Gasteiger partial charge in [-0.05, 0) is 36.6 Å². The molecule has 2 aromatic heterocycles. The number of pyridine rings is 1. The summed E-state index contributed by atoms with van der Waals surface area (Å²) < 4.78 is 11.4. The van der Waals surface area contributed by atoms with Crippen LogP contribution in [0.4, 0.5) is 0 Å². The van der Waals surface area contributed by atoms with E-state index in [-0.39, 0.29) is 18.1 Å². The lowest BCUT2D eigenvalue weighted by atomic mass is 9.96. The van der Waals surface area contributed by atoms with E-state index in [4.69, 9.17) is 9.15 Å². The Labute approximate surface area is 139 Å². The summed E-state index contributed by atoms with van der Waals surface area (Å²) in [5, 5.41) is 3.94. The average molecular weight is 322 g/mol. The van der Waals surface area contributed by atoms with Crippen molar-refractivity contribution in [2.45, 2.75) is 25.0 Å². The number of amides is 1. The van der Waals surface area contributed by atoms with E-state index in [1.54, 1.807) is 12.4 Å². The zero-order valence-electron chi connectivity index (χ0n) is 13.1. The fraction of sp³-hybridized carbons (Fsp3) is 0.263. The van der Waals surface area contributed by atoms with E-state index in [1.807, 2.05) is 36.4 Å². The Hall–Kier alpha value is -2.66. The summed E-state index contributed by atoms with van der Waals surface area (Å²) >= 11 is 0. The van der Waals surface area contributed by atoms with Crippen LogP contribution in [0.3, 0.4) is 0 Å². The molecule has 1 amide bonds. The molecule has 1 saturated heterocycles. The molecule has 24 heavy (non-hydrogen) atoms. The molecule has 3 aromatic rings. The number of benzene rings is 1. The van der Waals surface area contributed by atoms with Crippen molar-refractivity contribution in [3.8, 4) is 0 Å². The van der Waals surface area contributed by atoms with Crippen molar-refractivity contribution in [3.63, 3.8) is 0 Å². The Bertz CT molecular complexity index is 844. The maximum Gasteiger partial charge on any atom is 0.255 e. The number of carbonyl (C=O) groups excluding carboxylic acids is 1. The fourth-order valence-corrected chi connectivity index (χ4v) is 3.21. The first-order valence-electron chi connectivity index (χ1n) is 8.11. The molecule has 1 N–H and O–H groups in total. The highest BCUT2D eigenvalue weighted by molar-refractivity contribution is 6.06. The van der Waals surface area contributed by atoms with Crippen LogP contribution in [0.5, 0.6) is 0 Å². The summed E-state index contributed by atoms with van der Waals surface area (Å²) in [6.45, 7) is 0.702. The molecule has 0 bridgehead atoms. The molecule has 2 atom stereocenters. The monoisotopic (exact) mass is 322 g/mol. The van der Waals surface area contributed by atoms with Crippen LogP contribution < -0.4 is 5.32 Å². The number of furan rings is 1. The maximum atomic E-state index is 12.7. The summed E-state index contributed by atoms with van der Waals surface area (Å²) in [6, 6.07) is 11.3. The van der Waals surface area contributed by atoms with Gasteiger partial charge in [-0.25, -0.2) is 0 Å². The third-order valence-corrected chi connectivity index (χ3v) is 4.40. The first kappa shape index (κ1) is 14.9. The summed E-state index contributed by atoms with van der Waals surface area (Å²) in [4.78, 5) is 16.8. The third kappa shape index (κ3) is 2.78. The molecule has 5 heteroatoms. The van der Waals surface area contributed by atoms with Crippen molar-refractivity contribution in [2.24, 2.45) is 0 Å². The van der Waals surface area contributed by atoms with Gasteiger partial charge in [-0.2, -0.15) is 0 Å². The minimum Gasteiger partial charge on any atom is -0.463 e. The molecule has 1 aliphatic rings. The Kier molecular flexibility index (Phi) is 4.01. The van der Waals surface area contributed by atoms with Crippen LogP contribution in [0.1, 0.15) is 34.9 Å². The lowest BCUT2D eigenvalue weighted by molar-refractivity contribution is -0.00949. The fourth-order valence-electron chi connectivity index (χ4n) is 3.21. The van der Waals surface area contributed by atoms with E-state index in [0.717, 1.165) is 23.8 Å². The van der Waals surface area contributed by atoms with E-state index < -0.39 is 0 Å². The van der Waals surface area contributed by atoms with E-state index in [0.29, 0.717) is 17.8 Å². The van der Waals surface area contributed by atoms with Crippen molar-refractivity contribution in [1.29, 1.82) is 0 Å². The molecule has 0 aliphatic carbocycles. The number of aromatic nitrogens is 1. The second-order valence-corrected chi connectivity index (χ2v) is 5.94. The lowest BCUT2D eigenvalue weighted by Gasteiger charge is -2.32. The van der Waals surface area contributed by atoms with Crippen molar-refractivity contribution in [3.05, 3.63) is 66.2 Å². The number of nitrogens with one attached hydrogen (secondary N) is 1. The van der Waals surface area contributed by atoms with Gasteiger partial charge < -0.3 is 14.5 Å². The Balaban J connectivity index is 1.57. The van der Waals surface area contributed by atoms with Gasteiger partial charge in [0, 0.05) is 24.4 Å². The molecule has 1 fully saturated rings. The smallest absolute Gasteiger partial charge is 0.255 e. The Morgan fingerprint density at radius 2 is 2.00 bits per heavy atom. The molecular weight excluding hydrogens is 304 g/mol. The van der Waals surface area contributed by atoms with Gasteiger partial charge in [0.25, 0.3) is 5.91 Å². The summed E-state index contributed by atoms with van der Waals surface area (Å²) in [5.41, 5.74) is 2.31. The molecule has 5 nitrogen and oxygen atoms in total. The molecule has 0 radical (unpaired) electrons. The van der Waals surface area contributed by atoms with Crippen molar-refractivity contribution in [1.82, 2.24) is 10.3 Å². The van der Waals surface area contributed by atoms with Crippen molar-refractivity contribution >= 4 is 16.9 Å². The number of hydrogen-bond donors (Lipinski definition) is 1. The highest BCUT2D eigenvalue weighted by atomic mass is 16.5. The highest BCUT2D eigenvalue weighted by Crippen LogP contribution is 2.29. The Morgan fingerprint density at radius 3 is 2.88 bits per heavy atom. The molecule has 3 heterocycles. The van der Waals surface area contributed by atoms with Crippen LogP contribution in [0.25, 0.3) is 11.0 Å². The van der Waals surface area contributed by atoms with Gasteiger partial charge >= 0.3 is 0 Å². The summed E-state index contributed by atoms with van der Waals surface area (Å²) in [6.07, 6.45) is 6.67. The second kappa shape index (κ2) is 6.45. The van der Waals surface area contributed by atoms with Gasteiger partial charge in [0.15, 0.2) is 0 Å². The van der Waals surface area contributed by atoms with Crippen LogP contribution >= 0.6 is 0 Å². The van der Waals surface area contributed by atoms with Crippen molar-refractivity contribution < 1.29 is 13.9 Å². The van der Waals surface area contributed by atoms with E-state index >= 15 is 0 Å². The SMILES string of the molecule is O=C(N[C@H]1CCCO[C@@H]1c1ccncc1)c1coc2ccccc12. The molecule has 122 valence electrons. The average Bonchev–Trinajstić information content (AvgIpc) is 3.07. The summed E-state index contributed by atoms with van der Waals surface area (Å²) in [7, 11) is 0. The second-order valence-electron chi connectivity index (χ2n) is 5.94. The van der Waals surface area contributed by atoms with Crippen LogP contribution in [-0.2, 0) is 4.74 Å². The normalized spacial score (nSPS) is 20.8. The van der Waals surface area contributed by atoms with E-state index in [1.165, 1.54) is 6.26 Å². The number of nitrogens with zero attached hydrogens (tertiary/aromatic N) is 1. The highest BCUT2D eigenvalue weighted by Gasteiger charge is 2.29. The minimum absolute atomic E-state index is 0.0673. The summed E-state index contributed by atoms with van der Waals surface area (Å²) in [5.74, 6) is -0.130. The molecule has 1 aliphatic heterocycles. The van der Waals surface area contributed by atoms with E-state index in [2.05, 4.69) is 10.3 Å². The quantitative estimate of drug-likeness (QED) is 0.802. The molecule has 0 unspecified atom stereocenters. The first-order valence-corrected chi connectivity index (χ1v) is 8.11. The van der Waals surface area contributed by atoms with Gasteiger partial charge in [0.1, 0.15) is 18.0 Å². The zero-order chi connectivity index (χ0) is 16.4. The van der Waals surface area contributed by atoms with Gasteiger partial charge in [0.2, 0.25) is 0 Å². The number of ether oxygens (including phenoxy) is 1. The predicted molar refractivity (Wildman–Crippen MR) is 89.6 cm³/mol. The van der Waals surface area contributed by atoms with Gasteiger partial charge in [-0.15, -0.1) is 0 Å². The van der Waals surface area contributed by atoms with Gasteiger partial charge in [-0.3, -0.25) is 9.78 Å². The molecular formula is C19H18N2O3. The molecule has 0 saturated carbocycles. The van der Waals surface area contributed by atoms with Crippen molar-refractivity contribution in [2.75, 3.05) is 6.61 Å². The number of fused-ring (bicyclic) bond motifs is 1. The topological polar surface area (TPSA) is 64.4 Å². The Morgan fingerprint density at radius 1 is 1.17 bits per heavy atom.